The van der Waals surface area contributed by atoms with Crippen molar-refractivity contribution in [2.24, 2.45) is 0 Å². The predicted octanol–water partition coefficient (Wildman–Crippen LogP) is 2.55. The fourth-order valence-corrected chi connectivity index (χ4v) is 1.99. The van der Waals surface area contributed by atoms with Gasteiger partial charge in [-0.05, 0) is 43.3 Å². The molecule has 1 rings (SSSR count). The maximum absolute atomic E-state index is 8.88. The van der Waals surface area contributed by atoms with Crippen LogP contribution in [-0.4, -0.2) is 31.6 Å². The summed E-state index contributed by atoms with van der Waals surface area (Å²) in [4.78, 5) is 2.21. The van der Waals surface area contributed by atoms with Gasteiger partial charge in [0.2, 0.25) is 0 Å². The highest BCUT2D eigenvalue weighted by Crippen LogP contribution is 2.07. The first-order valence-corrected chi connectivity index (χ1v) is 6.70. The van der Waals surface area contributed by atoms with E-state index < -0.39 is 0 Å². The standard InChI is InChI=1S/C16H23N3/c1-4-8-18-11-14(2)12-19(3)13-16-7-5-6-15(9-16)10-17/h5-7,9,18H,2,4,8,11-13H2,1,3H3. The van der Waals surface area contributed by atoms with Crippen molar-refractivity contribution < 1.29 is 0 Å². The summed E-state index contributed by atoms with van der Waals surface area (Å²) in [5.41, 5.74) is 3.07. The summed E-state index contributed by atoms with van der Waals surface area (Å²) in [6.07, 6.45) is 1.14. The molecule has 0 saturated heterocycles. The van der Waals surface area contributed by atoms with Gasteiger partial charge in [0.05, 0.1) is 11.6 Å². The Morgan fingerprint density at radius 1 is 1.47 bits per heavy atom. The van der Waals surface area contributed by atoms with Crippen molar-refractivity contribution in [3.05, 3.63) is 47.5 Å². The molecule has 0 saturated carbocycles. The van der Waals surface area contributed by atoms with Gasteiger partial charge in [0.25, 0.3) is 0 Å². The number of likely N-dealkylation sites (N-methyl/N-ethyl adjacent to an activating group) is 1. The molecule has 1 aromatic rings. The van der Waals surface area contributed by atoms with Crippen LogP contribution in [0.25, 0.3) is 0 Å². The van der Waals surface area contributed by atoms with Crippen molar-refractivity contribution in [3.63, 3.8) is 0 Å². The van der Waals surface area contributed by atoms with Gasteiger partial charge in [-0.15, -0.1) is 0 Å². The highest BCUT2D eigenvalue weighted by atomic mass is 15.1. The van der Waals surface area contributed by atoms with Crippen molar-refractivity contribution in [1.29, 1.82) is 5.26 Å². The summed E-state index contributed by atoms with van der Waals surface area (Å²) in [6.45, 7) is 9.85. The normalized spacial score (nSPS) is 10.4. The Kier molecular flexibility index (Phi) is 6.88. The van der Waals surface area contributed by atoms with E-state index in [4.69, 9.17) is 5.26 Å². The zero-order valence-corrected chi connectivity index (χ0v) is 11.9. The summed E-state index contributed by atoms with van der Waals surface area (Å²) >= 11 is 0. The van der Waals surface area contributed by atoms with Gasteiger partial charge < -0.3 is 5.32 Å². The van der Waals surface area contributed by atoms with Crippen molar-refractivity contribution >= 4 is 0 Å². The second-order valence-corrected chi connectivity index (χ2v) is 4.91. The lowest BCUT2D eigenvalue weighted by Crippen LogP contribution is -2.26. The van der Waals surface area contributed by atoms with E-state index in [1.165, 1.54) is 5.57 Å². The smallest absolute Gasteiger partial charge is 0.0991 e. The second-order valence-electron chi connectivity index (χ2n) is 4.91. The average molecular weight is 257 g/mol. The minimum Gasteiger partial charge on any atom is -0.313 e. The van der Waals surface area contributed by atoms with Crippen LogP contribution in [-0.2, 0) is 6.54 Å². The Balaban J connectivity index is 2.40. The number of nitrogens with zero attached hydrogens (tertiary/aromatic N) is 2. The minimum atomic E-state index is 0.717. The summed E-state index contributed by atoms with van der Waals surface area (Å²) in [6, 6.07) is 9.92. The van der Waals surface area contributed by atoms with Crippen LogP contribution in [0, 0.1) is 11.3 Å². The van der Waals surface area contributed by atoms with Crippen LogP contribution in [0.1, 0.15) is 24.5 Å². The molecule has 0 spiro atoms. The van der Waals surface area contributed by atoms with Crippen molar-refractivity contribution in [2.75, 3.05) is 26.7 Å². The lowest BCUT2D eigenvalue weighted by Gasteiger charge is -2.18. The molecule has 0 atom stereocenters. The van der Waals surface area contributed by atoms with Crippen molar-refractivity contribution in [3.8, 4) is 6.07 Å². The molecule has 0 bridgehead atoms. The topological polar surface area (TPSA) is 39.1 Å². The molecule has 19 heavy (non-hydrogen) atoms. The molecule has 0 heterocycles. The third-order valence-electron chi connectivity index (χ3n) is 2.80. The zero-order valence-electron chi connectivity index (χ0n) is 11.9. The number of rotatable bonds is 8. The molecule has 1 N–H and O–H groups in total. The summed E-state index contributed by atoms with van der Waals surface area (Å²) < 4.78 is 0. The van der Waals surface area contributed by atoms with Crippen LogP contribution in [0.2, 0.25) is 0 Å². The molecular weight excluding hydrogens is 234 g/mol. The van der Waals surface area contributed by atoms with E-state index in [1.807, 2.05) is 18.2 Å². The molecule has 3 heteroatoms. The van der Waals surface area contributed by atoms with Gasteiger partial charge in [0.15, 0.2) is 0 Å². The molecule has 0 amide bonds. The quantitative estimate of drug-likeness (QED) is 0.574. The summed E-state index contributed by atoms with van der Waals surface area (Å²) in [7, 11) is 2.07. The third kappa shape index (κ3) is 6.19. The van der Waals surface area contributed by atoms with E-state index in [9.17, 15) is 0 Å². The van der Waals surface area contributed by atoms with Gasteiger partial charge >= 0.3 is 0 Å². The largest absolute Gasteiger partial charge is 0.313 e. The van der Waals surface area contributed by atoms with E-state index in [-0.39, 0.29) is 0 Å². The first kappa shape index (κ1) is 15.4. The lowest BCUT2D eigenvalue weighted by molar-refractivity contribution is 0.352. The molecule has 0 unspecified atom stereocenters. The first-order chi connectivity index (χ1) is 9.15. The maximum Gasteiger partial charge on any atom is 0.0991 e. The van der Waals surface area contributed by atoms with Crippen LogP contribution in [0.15, 0.2) is 36.4 Å². The summed E-state index contributed by atoms with van der Waals surface area (Å²) in [5, 5.41) is 12.2. The Morgan fingerprint density at radius 3 is 2.95 bits per heavy atom. The Morgan fingerprint density at radius 2 is 2.26 bits per heavy atom. The van der Waals surface area contributed by atoms with Crippen LogP contribution >= 0.6 is 0 Å². The molecule has 0 aliphatic rings. The molecular formula is C16H23N3. The fraction of sp³-hybridized carbons (Fsp3) is 0.438. The molecule has 0 fully saturated rings. The molecule has 0 aliphatic heterocycles. The first-order valence-electron chi connectivity index (χ1n) is 6.70. The van der Waals surface area contributed by atoms with E-state index >= 15 is 0 Å². The molecule has 0 aliphatic carbocycles. The van der Waals surface area contributed by atoms with Gasteiger partial charge in [-0.1, -0.05) is 25.6 Å². The predicted molar refractivity (Wildman–Crippen MR) is 79.8 cm³/mol. The van der Waals surface area contributed by atoms with Gasteiger partial charge in [-0.3, -0.25) is 4.90 Å². The van der Waals surface area contributed by atoms with Gasteiger partial charge in [-0.2, -0.15) is 5.26 Å². The average Bonchev–Trinajstić information content (AvgIpc) is 2.39. The highest BCUT2D eigenvalue weighted by molar-refractivity contribution is 5.32. The number of nitriles is 1. The molecule has 102 valence electrons. The SMILES string of the molecule is C=C(CNCCC)CN(C)Cc1cccc(C#N)c1. The van der Waals surface area contributed by atoms with Gasteiger partial charge in [0, 0.05) is 19.6 Å². The fourth-order valence-electron chi connectivity index (χ4n) is 1.99. The second kappa shape index (κ2) is 8.47. The van der Waals surface area contributed by atoms with Crippen LogP contribution in [0.4, 0.5) is 0 Å². The lowest BCUT2D eigenvalue weighted by atomic mass is 10.1. The van der Waals surface area contributed by atoms with E-state index in [0.717, 1.165) is 38.2 Å². The zero-order chi connectivity index (χ0) is 14.1. The van der Waals surface area contributed by atoms with Crippen LogP contribution < -0.4 is 5.32 Å². The maximum atomic E-state index is 8.88. The molecule has 0 aromatic heterocycles. The number of nitrogens with one attached hydrogen (secondary N) is 1. The van der Waals surface area contributed by atoms with Crippen LogP contribution in [0.3, 0.4) is 0 Å². The monoisotopic (exact) mass is 257 g/mol. The van der Waals surface area contributed by atoms with Crippen molar-refractivity contribution in [1.82, 2.24) is 10.2 Å². The van der Waals surface area contributed by atoms with Crippen LogP contribution in [0.5, 0.6) is 0 Å². The third-order valence-corrected chi connectivity index (χ3v) is 2.80. The van der Waals surface area contributed by atoms with Gasteiger partial charge in [0.1, 0.15) is 0 Å². The number of hydrogen-bond acceptors (Lipinski definition) is 3. The summed E-state index contributed by atoms with van der Waals surface area (Å²) in [5.74, 6) is 0. The van der Waals surface area contributed by atoms with E-state index in [0.29, 0.717) is 5.56 Å². The number of benzene rings is 1. The Hall–Kier alpha value is -1.63. The molecule has 3 nitrogen and oxygen atoms in total. The molecule has 1 aromatic carbocycles. The van der Waals surface area contributed by atoms with Gasteiger partial charge in [-0.25, -0.2) is 0 Å². The van der Waals surface area contributed by atoms with E-state index in [1.54, 1.807) is 0 Å². The highest BCUT2D eigenvalue weighted by Gasteiger charge is 2.03. The number of hydrogen-bond donors (Lipinski definition) is 1. The Bertz CT molecular complexity index is 446. The molecule has 0 radical (unpaired) electrons. The minimum absolute atomic E-state index is 0.717. The van der Waals surface area contributed by atoms with E-state index in [2.05, 4.69) is 42.9 Å². The Labute approximate surface area is 116 Å². The van der Waals surface area contributed by atoms with Crippen molar-refractivity contribution in [2.45, 2.75) is 19.9 Å².